The average Bonchev–Trinajstić information content (AvgIpc) is 3.36. The summed E-state index contributed by atoms with van der Waals surface area (Å²) in [6.45, 7) is -0.401. The van der Waals surface area contributed by atoms with Crippen LogP contribution in [0.15, 0.2) is 62.0 Å². The minimum atomic E-state index is -0.641. The predicted molar refractivity (Wildman–Crippen MR) is 108 cm³/mol. The monoisotopic (exact) mass is 433 g/mol. The zero-order chi connectivity index (χ0) is 20.5. The van der Waals surface area contributed by atoms with Crippen LogP contribution >= 0.6 is 22.9 Å². The summed E-state index contributed by atoms with van der Waals surface area (Å²) in [6.07, 6.45) is 1.45. The summed E-state index contributed by atoms with van der Waals surface area (Å²) in [5.41, 5.74) is -0.509. The number of furan rings is 1. The summed E-state index contributed by atoms with van der Waals surface area (Å²) < 4.78 is 21.0. The maximum atomic E-state index is 13.2. The smallest absolute Gasteiger partial charge is 0.332 e. The molecule has 0 bridgehead atoms. The summed E-state index contributed by atoms with van der Waals surface area (Å²) >= 11 is 7.11. The van der Waals surface area contributed by atoms with Crippen molar-refractivity contribution in [2.45, 2.75) is 13.1 Å². The molecule has 0 atom stereocenters. The van der Waals surface area contributed by atoms with E-state index in [2.05, 4.69) is 5.32 Å². The Morgan fingerprint density at radius 1 is 1.21 bits per heavy atom. The number of hydrogen-bond donors (Lipinski definition) is 1. The molecule has 148 valence electrons. The van der Waals surface area contributed by atoms with Gasteiger partial charge in [0.25, 0.3) is 5.56 Å². The Hall–Kier alpha value is -3.17. The van der Waals surface area contributed by atoms with Gasteiger partial charge >= 0.3 is 5.69 Å². The Balaban J connectivity index is 1.71. The minimum absolute atomic E-state index is 0.0363. The number of carbonyl (C=O) groups excluding carboxylic acids is 1. The van der Waals surface area contributed by atoms with E-state index in [-0.39, 0.29) is 23.8 Å². The van der Waals surface area contributed by atoms with Crippen LogP contribution < -0.4 is 16.6 Å². The summed E-state index contributed by atoms with van der Waals surface area (Å²) in [5, 5.41) is 4.26. The Morgan fingerprint density at radius 2 is 2.03 bits per heavy atom. The van der Waals surface area contributed by atoms with Crippen LogP contribution in [0.5, 0.6) is 0 Å². The summed E-state index contributed by atoms with van der Waals surface area (Å²) in [5.74, 6) is -0.639. The highest BCUT2D eigenvalue weighted by molar-refractivity contribution is 7.17. The van der Waals surface area contributed by atoms with E-state index in [4.69, 9.17) is 16.0 Å². The molecule has 0 saturated carbocycles. The van der Waals surface area contributed by atoms with Crippen molar-refractivity contribution in [3.05, 3.63) is 85.5 Å². The van der Waals surface area contributed by atoms with Crippen molar-refractivity contribution in [3.8, 4) is 0 Å². The van der Waals surface area contributed by atoms with Crippen LogP contribution in [0.25, 0.3) is 10.2 Å². The van der Waals surface area contributed by atoms with Crippen LogP contribution in [-0.4, -0.2) is 15.0 Å². The Kier molecular flexibility index (Phi) is 5.08. The molecule has 3 aromatic heterocycles. The standard InChI is InChI=1S/C19H13ClFN3O4S/c20-13-8-11(21)3-4-14(13)22-16(25)10-23-15-5-7-29-17(15)18(26)24(19(23)27)9-12-2-1-6-28-12/h1-8H,9-10H2,(H,22,25). The lowest BCUT2D eigenvalue weighted by atomic mass is 10.3. The number of thiophene rings is 1. The molecule has 4 rings (SSSR count). The fourth-order valence-corrected chi connectivity index (χ4v) is 3.97. The van der Waals surface area contributed by atoms with Gasteiger partial charge in [0.15, 0.2) is 0 Å². The third-order valence-corrected chi connectivity index (χ3v) is 5.44. The largest absolute Gasteiger partial charge is 0.467 e. The van der Waals surface area contributed by atoms with Gasteiger partial charge in [0, 0.05) is 0 Å². The number of nitrogens with zero attached hydrogens (tertiary/aromatic N) is 2. The lowest BCUT2D eigenvalue weighted by Crippen LogP contribution is -2.41. The van der Waals surface area contributed by atoms with E-state index < -0.39 is 23.0 Å². The number of carbonyl (C=O) groups is 1. The Labute approximate surface area is 171 Å². The van der Waals surface area contributed by atoms with E-state index in [9.17, 15) is 18.8 Å². The Morgan fingerprint density at radius 3 is 2.76 bits per heavy atom. The van der Waals surface area contributed by atoms with Crippen LogP contribution in [0.4, 0.5) is 10.1 Å². The van der Waals surface area contributed by atoms with Gasteiger partial charge in [0.05, 0.1) is 29.0 Å². The van der Waals surface area contributed by atoms with Crippen molar-refractivity contribution >= 4 is 44.7 Å². The first-order valence-corrected chi connectivity index (χ1v) is 9.68. The topological polar surface area (TPSA) is 86.2 Å². The molecule has 4 aromatic rings. The second-order valence-corrected chi connectivity index (χ2v) is 7.47. The molecule has 3 heterocycles. The van der Waals surface area contributed by atoms with E-state index in [1.165, 1.54) is 28.2 Å². The van der Waals surface area contributed by atoms with E-state index in [0.29, 0.717) is 16.0 Å². The molecule has 7 nitrogen and oxygen atoms in total. The van der Waals surface area contributed by atoms with Gasteiger partial charge in [-0.1, -0.05) is 11.6 Å². The first kappa shape index (κ1) is 19.2. The highest BCUT2D eigenvalue weighted by Gasteiger charge is 2.18. The fourth-order valence-electron chi connectivity index (χ4n) is 2.91. The van der Waals surface area contributed by atoms with Crippen LogP contribution in [0.3, 0.4) is 0 Å². The number of hydrogen-bond acceptors (Lipinski definition) is 5. The third-order valence-electron chi connectivity index (χ3n) is 4.24. The highest BCUT2D eigenvalue weighted by atomic mass is 35.5. The van der Waals surface area contributed by atoms with Crippen LogP contribution in [0, 0.1) is 5.82 Å². The van der Waals surface area contributed by atoms with Gasteiger partial charge in [-0.25, -0.2) is 9.18 Å². The number of halogens is 2. The van der Waals surface area contributed by atoms with Crippen molar-refractivity contribution in [1.82, 2.24) is 9.13 Å². The number of nitrogens with one attached hydrogen (secondary N) is 1. The fraction of sp³-hybridized carbons (Fsp3) is 0.105. The molecule has 0 spiro atoms. The van der Waals surface area contributed by atoms with E-state index >= 15 is 0 Å². The lowest BCUT2D eigenvalue weighted by molar-refractivity contribution is -0.116. The molecular weight excluding hydrogens is 421 g/mol. The van der Waals surface area contributed by atoms with Gasteiger partial charge in [-0.2, -0.15) is 0 Å². The van der Waals surface area contributed by atoms with E-state index in [1.54, 1.807) is 23.6 Å². The van der Waals surface area contributed by atoms with Gasteiger partial charge < -0.3 is 9.73 Å². The number of anilines is 1. The lowest BCUT2D eigenvalue weighted by Gasteiger charge is -2.12. The minimum Gasteiger partial charge on any atom is -0.467 e. The zero-order valence-electron chi connectivity index (χ0n) is 14.7. The molecule has 10 heteroatoms. The molecule has 1 amide bonds. The number of rotatable bonds is 5. The molecular formula is C19H13ClFN3O4S. The third kappa shape index (κ3) is 3.74. The number of amides is 1. The van der Waals surface area contributed by atoms with Gasteiger partial charge in [0.2, 0.25) is 5.91 Å². The second kappa shape index (κ2) is 7.69. The molecule has 0 fully saturated rings. The van der Waals surface area contributed by atoms with Crippen molar-refractivity contribution in [2.75, 3.05) is 5.32 Å². The summed E-state index contributed by atoms with van der Waals surface area (Å²) in [4.78, 5) is 38.2. The number of fused-ring (bicyclic) bond motifs is 1. The van der Waals surface area contributed by atoms with Crippen molar-refractivity contribution in [1.29, 1.82) is 0 Å². The summed E-state index contributed by atoms with van der Waals surface area (Å²) in [7, 11) is 0. The predicted octanol–water partition coefficient (Wildman–Crippen LogP) is 3.30. The summed E-state index contributed by atoms with van der Waals surface area (Å²) in [6, 6.07) is 8.48. The highest BCUT2D eigenvalue weighted by Crippen LogP contribution is 2.22. The molecule has 0 unspecified atom stereocenters. The van der Waals surface area contributed by atoms with Gasteiger partial charge in [-0.15, -0.1) is 11.3 Å². The molecule has 0 aliphatic heterocycles. The molecule has 0 radical (unpaired) electrons. The normalized spacial score (nSPS) is 11.1. The van der Waals surface area contributed by atoms with Gasteiger partial charge in [-0.3, -0.25) is 18.7 Å². The van der Waals surface area contributed by atoms with Crippen LogP contribution in [0.1, 0.15) is 5.76 Å². The first-order valence-electron chi connectivity index (χ1n) is 8.42. The second-order valence-electron chi connectivity index (χ2n) is 6.15. The molecule has 1 N–H and O–H groups in total. The molecule has 29 heavy (non-hydrogen) atoms. The van der Waals surface area contributed by atoms with E-state index in [0.717, 1.165) is 16.7 Å². The van der Waals surface area contributed by atoms with Crippen LogP contribution in [0.2, 0.25) is 5.02 Å². The average molecular weight is 434 g/mol. The Bertz CT molecular complexity index is 1320. The molecule has 0 saturated heterocycles. The molecule has 0 aliphatic carbocycles. The van der Waals surface area contributed by atoms with Crippen LogP contribution in [-0.2, 0) is 17.9 Å². The zero-order valence-corrected chi connectivity index (χ0v) is 16.3. The van der Waals surface area contributed by atoms with E-state index in [1.807, 2.05) is 0 Å². The molecule has 0 aliphatic rings. The van der Waals surface area contributed by atoms with Crippen molar-refractivity contribution < 1.29 is 13.6 Å². The first-order chi connectivity index (χ1) is 13.9. The van der Waals surface area contributed by atoms with Crippen molar-refractivity contribution in [2.24, 2.45) is 0 Å². The maximum Gasteiger partial charge on any atom is 0.332 e. The number of benzene rings is 1. The maximum absolute atomic E-state index is 13.2. The van der Waals surface area contributed by atoms with Gasteiger partial charge in [0.1, 0.15) is 22.8 Å². The number of aromatic nitrogens is 2. The van der Waals surface area contributed by atoms with Crippen molar-refractivity contribution in [3.63, 3.8) is 0 Å². The van der Waals surface area contributed by atoms with Gasteiger partial charge in [-0.05, 0) is 41.8 Å². The molecule has 1 aromatic carbocycles. The SMILES string of the molecule is O=C(Cn1c(=O)n(Cc2ccco2)c(=O)c2sccc21)Nc1ccc(F)cc1Cl. The quantitative estimate of drug-likeness (QED) is 0.523.